The predicted octanol–water partition coefficient (Wildman–Crippen LogP) is 0.630. The number of rotatable bonds is 2. The third kappa shape index (κ3) is 2.16. The van der Waals surface area contributed by atoms with Gasteiger partial charge in [0, 0.05) is 6.04 Å². The first-order valence-corrected chi connectivity index (χ1v) is 5.87. The maximum Gasteiger partial charge on any atom is 0.322 e. The molecule has 0 aliphatic carbocycles. The third-order valence-electron chi connectivity index (χ3n) is 3.71. The number of aliphatic carboxylic acids is 1. The Morgan fingerprint density at radius 3 is 2.47 bits per heavy atom. The van der Waals surface area contributed by atoms with Crippen molar-refractivity contribution < 1.29 is 9.90 Å². The SMILES string of the molecule is CN1CCCC(N2CCCC2)C1C(=O)O. The van der Waals surface area contributed by atoms with Crippen LogP contribution in [0.15, 0.2) is 0 Å². The predicted molar refractivity (Wildman–Crippen MR) is 57.9 cm³/mol. The van der Waals surface area contributed by atoms with Gasteiger partial charge < -0.3 is 5.11 Å². The lowest BCUT2D eigenvalue weighted by Gasteiger charge is -2.41. The summed E-state index contributed by atoms with van der Waals surface area (Å²) in [5.41, 5.74) is 0. The molecule has 2 fully saturated rings. The van der Waals surface area contributed by atoms with E-state index >= 15 is 0 Å². The van der Waals surface area contributed by atoms with Crippen LogP contribution in [0.3, 0.4) is 0 Å². The van der Waals surface area contributed by atoms with Crippen LogP contribution in [-0.4, -0.2) is 59.6 Å². The summed E-state index contributed by atoms with van der Waals surface area (Å²) in [6, 6.07) is -0.0550. The summed E-state index contributed by atoms with van der Waals surface area (Å²) in [5, 5.41) is 9.27. The van der Waals surface area contributed by atoms with Crippen LogP contribution in [0.1, 0.15) is 25.7 Å². The molecule has 0 aromatic carbocycles. The molecule has 4 heteroatoms. The first-order valence-electron chi connectivity index (χ1n) is 5.87. The summed E-state index contributed by atoms with van der Waals surface area (Å²) in [6.45, 7) is 3.09. The van der Waals surface area contributed by atoms with Crippen LogP contribution in [-0.2, 0) is 4.79 Å². The molecule has 0 aromatic heterocycles. The van der Waals surface area contributed by atoms with Crippen molar-refractivity contribution in [1.82, 2.24) is 9.80 Å². The first kappa shape index (κ1) is 10.9. The zero-order valence-electron chi connectivity index (χ0n) is 9.35. The lowest BCUT2D eigenvalue weighted by molar-refractivity contribution is -0.147. The minimum Gasteiger partial charge on any atom is -0.480 e. The molecule has 2 atom stereocenters. The van der Waals surface area contributed by atoms with Gasteiger partial charge >= 0.3 is 5.97 Å². The van der Waals surface area contributed by atoms with E-state index in [1.807, 2.05) is 11.9 Å². The molecule has 2 unspecified atom stereocenters. The van der Waals surface area contributed by atoms with Gasteiger partial charge in [0.25, 0.3) is 0 Å². The van der Waals surface area contributed by atoms with E-state index in [0.717, 1.165) is 32.5 Å². The summed E-state index contributed by atoms with van der Waals surface area (Å²) in [6.07, 6.45) is 4.63. The van der Waals surface area contributed by atoms with E-state index in [4.69, 9.17) is 0 Å². The van der Waals surface area contributed by atoms with Gasteiger partial charge in [-0.25, -0.2) is 0 Å². The van der Waals surface area contributed by atoms with Crippen molar-refractivity contribution in [3.05, 3.63) is 0 Å². The zero-order chi connectivity index (χ0) is 10.8. The van der Waals surface area contributed by atoms with E-state index in [-0.39, 0.29) is 12.1 Å². The van der Waals surface area contributed by atoms with Crippen LogP contribution in [0.5, 0.6) is 0 Å². The molecule has 0 radical (unpaired) electrons. The van der Waals surface area contributed by atoms with Gasteiger partial charge in [-0.1, -0.05) is 0 Å². The van der Waals surface area contributed by atoms with Gasteiger partial charge in [0.2, 0.25) is 0 Å². The monoisotopic (exact) mass is 212 g/mol. The molecule has 2 saturated heterocycles. The highest BCUT2D eigenvalue weighted by molar-refractivity contribution is 5.74. The number of carboxylic acids is 1. The summed E-state index contributed by atoms with van der Waals surface area (Å²) < 4.78 is 0. The summed E-state index contributed by atoms with van der Waals surface area (Å²) in [5.74, 6) is -0.658. The molecule has 0 saturated carbocycles. The highest BCUT2D eigenvalue weighted by Crippen LogP contribution is 2.24. The molecular formula is C11H20N2O2. The maximum atomic E-state index is 11.3. The Bertz CT molecular complexity index is 239. The minimum absolute atomic E-state index is 0.240. The topological polar surface area (TPSA) is 43.8 Å². The number of likely N-dealkylation sites (N-methyl/N-ethyl adjacent to an activating group) is 1. The van der Waals surface area contributed by atoms with Crippen LogP contribution in [0.2, 0.25) is 0 Å². The molecule has 2 rings (SSSR count). The largest absolute Gasteiger partial charge is 0.480 e. The number of hydrogen-bond acceptors (Lipinski definition) is 3. The van der Waals surface area contributed by atoms with Gasteiger partial charge in [-0.05, 0) is 52.4 Å². The number of carbonyl (C=O) groups is 1. The Kier molecular flexibility index (Phi) is 3.26. The Morgan fingerprint density at radius 1 is 1.20 bits per heavy atom. The fourth-order valence-corrected chi connectivity index (χ4v) is 2.95. The second-order valence-corrected chi connectivity index (χ2v) is 4.72. The summed E-state index contributed by atoms with van der Waals surface area (Å²) in [7, 11) is 1.93. The Hall–Kier alpha value is -0.610. The van der Waals surface area contributed by atoms with Gasteiger partial charge in [-0.3, -0.25) is 14.6 Å². The van der Waals surface area contributed by atoms with Gasteiger partial charge in [0.15, 0.2) is 0 Å². The fourth-order valence-electron chi connectivity index (χ4n) is 2.95. The third-order valence-corrected chi connectivity index (χ3v) is 3.71. The van der Waals surface area contributed by atoms with Crippen molar-refractivity contribution >= 4 is 5.97 Å². The highest BCUT2D eigenvalue weighted by Gasteiger charge is 2.38. The van der Waals surface area contributed by atoms with Crippen molar-refractivity contribution in [2.24, 2.45) is 0 Å². The van der Waals surface area contributed by atoms with Crippen LogP contribution in [0.4, 0.5) is 0 Å². The molecular weight excluding hydrogens is 192 g/mol. The van der Waals surface area contributed by atoms with Crippen molar-refractivity contribution in [2.45, 2.75) is 37.8 Å². The molecule has 0 spiro atoms. The summed E-state index contributed by atoms with van der Waals surface area (Å²) in [4.78, 5) is 15.6. The quantitative estimate of drug-likeness (QED) is 0.729. The fraction of sp³-hybridized carbons (Fsp3) is 0.909. The lowest BCUT2D eigenvalue weighted by atomic mass is 9.95. The van der Waals surface area contributed by atoms with Crippen molar-refractivity contribution in [3.63, 3.8) is 0 Å². The molecule has 0 amide bonds. The van der Waals surface area contributed by atoms with Crippen LogP contribution in [0.25, 0.3) is 0 Å². The van der Waals surface area contributed by atoms with E-state index in [9.17, 15) is 9.90 Å². The smallest absolute Gasteiger partial charge is 0.322 e. The zero-order valence-corrected chi connectivity index (χ0v) is 9.35. The van der Waals surface area contributed by atoms with Crippen LogP contribution in [0, 0.1) is 0 Å². The van der Waals surface area contributed by atoms with E-state index in [1.165, 1.54) is 12.8 Å². The minimum atomic E-state index is -0.658. The second-order valence-electron chi connectivity index (χ2n) is 4.72. The molecule has 2 heterocycles. The molecule has 4 nitrogen and oxygen atoms in total. The van der Waals surface area contributed by atoms with Crippen molar-refractivity contribution in [1.29, 1.82) is 0 Å². The van der Waals surface area contributed by atoms with Crippen LogP contribution < -0.4 is 0 Å². The van der Waals surface area contributed by atoms with E-state index < -0.39 is 5.97 Å². The standard InChI is InChI=1S/C11H20N2O2/c1-12-6-4-5-9(10(12)11(14)15)13-7-2-3-8-13/h9-10H,2-8H2,1H3,(H,14,15). The van der Waals surface area contributed by atoms with Gasteiger partial charge in [-0.15, -0.1) is 0 Å². The maximum absolute atomic E-state index is 11.3. The number of carboxylic acid groups (broad SMARTS) is 1. The number of likely N-dealkylation sites (tertiary alicyclic amines) is 2. The molecule has 1 N–H and O–H groups in total. The van der Waals surface area contributed by atoms with Crippen LogP contribution >= 0.6 is 0 Å². The summed E-state index contributed by atoms with van der Waals surface area (Å²) >= 11 is 0. The number of hydrogen-bond donors (Lipinski definition) is 1. The average molecular weight is 212 g/mol. The highest BCUT2D eigenvalue weighted by atomic mass is 16.4. The molecule has 2 aliphatic rings. The average Bonchev–Trinajstić information content (AvgIpc) is 2.69. The molecule has 0 bridgehead atoms. The van der Waals surface area contributed by atoms with E-state index in [0.29, 0.717) is 0 Å². The van der Waals surface area contributed by atoms with Crippen molar-refractivity contribution in [2.75, 3.05) is 26.7 Å². The van der Waals surface area contributed by atoms with Gasteiger partial charge in [0.1, 0.15) is 6.04 Å². The Balaban J connectivity index is 2.08. The van der Waals surface area contributed by atoms with Crippen molar-refractivity contribution in [3.8, 4) is 0 Å². The molecule has 2 aliphatic heterocycles. The number of piperidine rings is 1. The second kappa shape index (κ2) is 4.49. The number of nitrogens with zero attached hydrogens (tertiary/aromatic N) is 2. The molecule has 86 valence electrons. The van der Waals surface area contributed by atoms with E-state index in [1.54, 1.807) is 0 Å². The molecule has 0 aromatic rings. The Labute approximate surface area is 90.9 Å². The normalized spacial score (nSPS) is 34.5. The first-order chi connectivity index (χ1) is 7.20. The Morgan fingerprint density at radius 2 is 1.87 bits per heavy atom. The lowest BCUT2D eigenvalue weighted by Crippen LogP contribution is -2.57. The van der Waals surface area contributed by atoms with E-state index in [2.05, 4.69) is 4.90 Å². The van der Waals surface area contributed by atoms with Gasteiger partial charge in [-0.2, -0.15) is 0 Å². The van der Waals surface area contributed by atoms with Gasteiger partial charge in [0.05, 0.1) is 0 Å². The molecule has 15 heavy (non-hydrogen) atoms.